The smallest absolute Gasteiger partial charge is 0.244 e. The molecule has 9 heteroatoms. The fourth-order valence-electron chi connectivity index (χ4n) is 2.96. The lowest BCUT2D eigenvalue weighted by Gasteiger charge is -2.26. The molecule has 2 aromatic carbocycles. The van der Waals surface area contributed by atoms with Gasteiger partial charge in [0.05, 0.1) is 25.2 Å². The summed E-state index contributed by atoms with van der Waals surface area (Å²) in [6.07, 6.45) is 3.02. The summed E-state index contributed by atoms with van der Waals surface area (Å²) in [6, 6.07) is 11.6. The third-order valence-corrected chi connectivity index (χ3v) is 6.75. The van der Waals surface area contributed by atoms with Crippen LogP contribution < -0.4 is 10.1 Å². The molecule has 1 aliphatic heterocycles. The number of carbonyl (C=O) groups excluding carboxylic acids is 1. The molecule has 0 aliphatic carbocycles. The molecule has 0 radical (unpaired) electrons. The van der Waals surface area contributed by atoms with Gasteiger partial charge in [0.15, 0.2) is 0 Å². The molecule has 1 aliphatic rings. The molecule has 0 unspecified atom stereocenters. The van der Waals surface area contributed by atoms with E-state index in [0.29, 0.717) is 42.6 Å². The van der Waals surface area contributed by atoms with Crippen LogP contribution in [0.2, 0.25) is 5.02 Å². The molecule has 3 rings (SSSR count). The fourth-order valence-corrected chi connectivity index (χ4v) is 4.55. The van der Waals surface area contributed by atoms with Crippen LogP contribution in [0.15, 0.2) is 53.4 Å². The topological polar surface area (TPSA) is 84.9 Å². The SMILES string of the molecule is COc1ccc(Cl)cc1/C=C/C(=O)NCc1ccc(S(=O)(=O)N2CCOCC2)cc1. The van der Waals surface area contributed by atoms with E-state index >= 15 is 0 Å². The summed E-state index contributed by atoms with van der Waals surface area (Å²) in [5.41, 5.74) is 1.48. The molecule has 1 amide bonds. The number of ether oxygens (including phenoxy) is 2. The summed E-state index contributed by atoms with van der Waals surface area (Å²) in [6.45, 7) is 1.78. The summed E-state index contributed by atoms with van der Waals surface area (Å²) in [7, 11) is -1.98. The van der Waals surface area contributed by atoms with Gasteiger partial charge in [-0.05, 0) is 42.0 Å². The molecule has 30 heavy (non-hydrogen) atoms. The highest BCUT2D eigenvalue weighted by Gasteiger charge is 2.26. The Kier molecular flexibility index (Phi) is 7.49. The van der Waals surface area contributed by atoms with E-state index in [1.54, 1.807) is 55.7 Å². The minimum atomic E-state index is -3.53. The number of halogens is 1. The Morgan fingerprint density at radius 3 is 2.57 bits per heavy atom. The quantitative estimate of drug-likeness (QED) is 0.655. The van der Waals surface area contributed by atoms with Gasteiger partial charge in [-0.2, -0.15) is 4.31 Å². The van der Waals surface area contributed by atoms with E-state index < -0.39 is 10.0 Å². The number of methoxy groups -OCH3 is 1. The van der Waals surface area contributed by atoms with Gasteiger partial charge >= 0.3 is 0 Å². The van der Waals surface area contributed by atoms with Crippen LogP contribution in [0.25, 0.3) is 6.08 Å². The minimum Gasteiger partial charge on any atom is -0.496 e. The van der Waals surface area contributed by atoms with Gasteiger partial charge < -0.3 is 14.8 Å². The van der Waals surface area contributed by atoms with Crippen molar-refractivity contribution in [2.45, 2.75) is 11.4 Å². The lowest BCUT2D eigenvalue weighted by molar-refractivity contribution is -0.116. The second-order valence-corrected chi connectivity index (χ2v) is 8.97. The molecule has 1 saturated heterocycles. The molecule has 7 nitrogen and oxygen atoms in total. The van der Waals surface area contributed by atoms with Crippen LogP contribution in [0.5, 0.6) is 5.75 Å². The van der Waals surface area contributed by atoms with Gasteiger partial charge in [-0.15, -0.1) is 0 Å². The first-order valence-electron chi connectivity index (χ1n) is 9.36. The number of rotatable bonds is 7. The molecular formula is C21H23ClN2O5S. The number of morpholine rings is 1. The van der Waals surface area contributed by atoms with Gasteiger partial charge in [0.2, 0.25) is 15.9 Å². The van der Waals surface area contributed by atoms with Crippen molar-refractivity contribution in [2.24, 2.45) is 0 Å². The van der Waals surface area contributed by atoms with E-state index in [4.69, 9.17) is 21.1 Å². The first-order chi connectivity index (χ1) is 14.4. The van der Waals surface area contributed by atoms with Crippen molar-refractivity contribution >= 4 is 33.6 Å². The summed E-state index contributed by atoms with van der Waals surface area (Å²) in [5.74, 6) is 0.322. The minimum absolute atomic E-state index is 0.229. The number of carbonyl (C=O) groups is 1. The van der Waals surface area contributed by atoms with Gasteiger partial charge in [-0.3, -0.25) is 4.79 Å². The average Bonchev–Trinajstić information content (AvgIpc) is 2.77. The molecule has 0 saturated carbocycles. The third-order valence-electron chi connectivity index (χ3n) is 4.60. The highest BCUT2D eigenvalue weighted by atomic mass is 35.5. The van der Waals surface area contributed by atoms with E-state index in [0.717, 1.165) is 5.56 Å². The normalized spacial score (nSPS) is 15.3. The highest BCUT2D eigenvalue weighted by Crippen LogP contribution is 2.23. The summed E-state index contributed by atoms with van der Waals surface area (Å²) in [4.78, 5) is 12.3. The van der Waals surface area contributed by atoms with Crippen LogP contribution in [0.1, 0.15) is 11.1 Å². The Morgan fingerprint density at radius 2 is 1.90 bits per heavy atom. The lowest BCUT2D eigenvalue weighted by atomic mass is 10.2. The molecule has 2 aromatic rings. The van der Waals surface area contributed by atoms with E-state index in [1.807, 2.05) is 0 Å². The largest absolute Gasteiger partial charge is 0.496 e. The van der Waals surface area contributed by atoms with Gasteiger partial charge in [0, 0.05) is 36.3 Å². The molecular weight excluding hydrogens is 428 g/mol. The van der Waals surface area contributed by atoms with Gasteiger partial charge in [0.25, 0.3) is 0 Å². The Bertz CT molecular complexity index is 1020. The second kappa shape index (κ2) is 10.1. The van der Waals surface area contributed by atoms with Crippen molar-refractivity contribution in [2.75, 3.05) is 33.4 Å². The zero-order chi connectivity index (χ0) is 21.6. The van der Waals surface area contributed by atoms with Crippen molar-refractivity contribution in [1.82, 2.24) is 9.62 Å². The maximum atomic E-state index is 12.6. The number of benzene rings is 2. The second-order valence-electron chi connectivity index (χ2n) is 6.60. The summed E-state index contributed by atoms with van der Waals surface area (Å²) < 4.78 is 37.1. The molecule has 160 valence electrons. The number of nitrogens with one attached hydrogen (secondary N) is 1. The number of nitrogens with zero attached hydrogens (tertiary/aromatic N) is 1. The molecule has 0 spiro atoms. The van der Waals surface area contributed by atoms with Crippen molar-refractivity contribution < 1.29 is 22.7 Å². The standard InChI is InChI=1S/C21H23ClN2O5S/c1-28-20-8-5-18(22)14-17(20)4-9-21(25)23-15-16-2-6-19(7-3-16)30(26,27)24-10-12-29-13-11-24/h2-9,14H,10-13,15H2,1H3,(H,23,25)/b9-4+. The van der Waals surface area contributed by atoms with Crippen LogP contribution in [-0.4, -0.2) is 52.0 Å². The van der Waals surface area contributed by atoms with Crippen LogP contribution in [0, 0.1) is 0 Å². The van der Waals surface area contributed by atoms with Crippen molar-refractivity contribution in [1.29, 1.82) is 0 Å². The van der Waals surface area contributed by atoms with E-state index in [2.05, 4.69) is 5.32 Å². The van der Waals surface area contributed by atoms with Crippen LogP contribution in [0.3, 0.4) is 0 Å². The van der Waals surface area contributed by atoms with Crippen LogP contribution >= 0.6 is 11.6 Å². The zero-order valence-electron chi connectivity index (χ0n) is 16.5. The molecule has 1 heterocycles. The van der Waals surface area contributed by atoms with Crippen molar-refractivity contribution in [3.8, 4) is 5.75 Å². The van der Waals surface area contributed by atoms with Gasteiger partial charge in [-0.25, -0.2) is 8.42 Å². The zero-order valence-corrected chi connectivity index (χ0v) is 18.1. The highest BCUT2D eigenvalue weighted by molar-refractivity contribution is 7.89. The Labute approximate surface area is 181 Å². The Hall–Kier alpha value is -2.39. The molecule has 0 bridgehead atoms. The number of hydrogen-bond acceptors (Lipinski definition) is 5. The van der Waals surface area contributed by atoms with Gasteiger partial charge in [-0.1, -0.05) is 23.7 Å². The van der Waals surface area contributed by atoms with Gasteiger partial charge in [0.1, 0.15) is 5.75 Å². The fraction of sp³-hybridized carbons (Fsp3) is 0.286. The molecule has 0 aromatic heterocycles. The predicted octanol–water partition coefficient (Wildman–Crippen LogP) is 2.70. The van der Waals surface area contributed by atoms with E-state index in [9.17, 15) is 13.2 Å². The summed E-state index contributed by atoms with van der Waals surface area (Å²) in [5, 5.41) is 3.31. The number of amides is 1. The third kappa shape index (κ3) is 5.60. The Balaban J connectivity index is 1.58. The van der Waals surface area contributed by atoms with E-state index in [1.165, 1.54) is 10.4 Å². The van der Waals surface area contributed by atoms with Crippen LogP contribution in [0.4, 0.5) is 0 Å². The number of hydrogen-bond donors (Lipinski definition) is 1. The average molecular weight is 451 g/mol. The molecule has 1 fully saturated rings. The molecule has 1 N–H and O–H groups in total. The van der Waals surface area contributed by atoms with Crippen molar-refractivity contribution in [3.05, 3.63) is 64.7 Å². The Morgan fingerprint density at radius 1 is 1.20 bits per heavy atom. The van der Waals surface area contributed by atoms with E-state index in [-0.39, 0.29) is 17.3 Å². The predicted molar refractivity (Wildman–Crippen MR) is 115 cm³/mol. The first kappa shape index (κ1) is 22.3. The molecule has 0 atom stereocenters. The maximum absolute atomic E-state index is 12.6. The monoisotopic (exact) mass is 450 g/mol. The first-order valence-corrected chi connectivity index (χ1v) is 11.2. The maximum Gasteiger partial charge on any atom is 0.244 e. The summed E-state index contributed by atoms with van der Waals surface area (Å²) >= 11 is 5.98. The lowest BCUT2D eigenvalue weighted by Crippen LogP contribution is -2.40. The van der Waals surface area contributed by atoms with Crippen molar-refractivity contribution in [3.63, 3.8) is 0 Å². The number of sulfonamides is 1. The van der Waals surface area contributed by atoms with Crippen LogP contribution in [-0.2, 0) is 26.1 Å².